The Balaban J connectivity index is 0.000000320. The lowest BCUT2D eigenvalue weighted by molar-refractivity contribution is -0.128. The molecule has 0 aliphatic carbocycles. The van der Waals surface area contributed by atoms with Crippen LogP contribution in [0.15, 0.2) is 11.6 Å². The highest BCUT2D eigenvalue weighted by Gasteiger charge is 2.28. The predicted molar refractivity (Wildman–Crippen MR) is 125 cm³/mol. The molecule has 2 saturated heterocycles. The summed E-state index contributed by atoms with van der Waals surface area (Å²) < 4.78 is 0. The first-order valence-corrected chi connectivity index (χ1v) is 11.9. The predicted octanol–water partition coefficient (Wildman–Crippen LogP) is 2.36. The van der Waals surface area contributed by atoms with E-state index in [1.54, 1.807) is 0 Å². The molecule has 32 heavy (non-hydrogen) atoms. The van der Waals surface area contributed by atoms with E-state index in [9.17, 15) is 19.2 Å². The number of carbonyl (C=O) groups is 4. The van der Waals surface area contributed by atoms with Gasteiger partial charge in [0.15, 0.2) is 0 Å². The van der Waals surface area contributed by atoms with Gasteiger partial charge in [-0.3, -0.25) is 19.2 Å². The topological polar surface area (TPSA) is 127 Å². The van der Waals surface area contributed by atoms with Crippen LogP contribution in [0.2, 0.25) is 0 Å². The van der Waals surface area contributed by atoms with Crippen LogP contribution in [0.1, 0.15) is 78.6 Å². The third kappa shape index (κ3) is 11.3. The summed E-state index contributed by atoms with van der Waals surface area (Å²) in [7, 11) is 0. The van der Waals surface area contributed by atoms with Crippen LogP contribution in [-0.2, 0) is 19.2 Å². The fraction of sp³-hybridized carbons (Fsp3) is 0.750. The van der Waals surface area contributed by atoms with E-state index in [4.69, 9.17) is 11.5 Å². The second-order valence-corrected chi connectivity index (χ2v) is 9.24. The average molecular weight is 451 g/mol. The van der Waals surface area contributed by atoms with Gasteiger partial charge in [0.2, 0.25) is 23.6 Å². The molecule has 0 bridgehead atoms. The van der Waals surface area contributed by atoms with Crippen molar-refractivity contribution in [3.8, 4) is 0 Å². The van der Waals surface area contributed by atoms with Gasteiger partial charge in [0, 0.05) is 57.8 Å². The van der Waals surface area contributed by atoms with Crippen molar-refractivity contribution >= 4 is 23.6 Å². The molecule has 0 aromatic rings. The fourth-order valence-corrected chi connectivity index (χ4v) is 4.25. The van der Waals surface area contributed by atoms with Crippen molar-refractivity contribution in [1.82, 2.24) is 9.80 Å². The first kappa shape index (κ1) is 27.7. The summed E-state index contributed by atoms with van der Waals surface area (Å²) in [6, 6.07) is 0. The molecule has 2 heterocycles. The van der Waals surface area contributed by atoms with Gasteiger partial charge >= 0.3 is 0 Å². The van der Waals surface area contributed by atoms with Crippen LogP contribution in [0.5, 0.6) is 0 Å². The Morgan fingerprint density at radius 2 is 1.44 bits per heavy atom. The van der Waals surface area contributed by atoms with Crippen molar-refractivity contribution in [2.45, 2.75) is 78.6 Å². The van der Waals surface area contributed by atoms with Crippen LogP contribution in [0.3, 0.4) is 0 Å². The van der Waals surface area contributed by atoms with Gasteiger partial charge in [-0.25, -0.2) is 0 Å². The molecule has 0 radical (unpaired) electrons. The normalized spacial score (nSPS) is 20.2. The fourth-order valence-electron chi connectivity index (χ4n) is 4.25. The maximum atomic E-state index is 11.6. The van der Waals surface area contributed by atoms with Gasteiger partial charge in [-0.15, -0.1) is 0 Å². The number of carbonyl (C=O) groups excluding carboxylic acids is 4. The number of hydrogen-bond acceptors (Lipinski definition) is 4. The number of rotatable bonds is 12. The zero-order valence-electron chi connectivity index (χ0n) is 20.1. The Morgan fingerprint density at radius 1 is 0.906 bits per heavy atom. The minimum absolute atomic E-state index is 0.187. The van der Waals surface area contributed by atoms with Gasteiger partial charge in [-0.2, -0.15) is 0 Å². The van der Waals surface area contributed by atoms with E-state index < -0.39 is 0 Å². The maximum absolute atomic E-state index is 11.6. The molecular formula is C24H42N4O4. The molecule has 2 aliphatic rings. The Kier molecular flexibility index (Phi) is 12.7. The van der Waals surface area contributed by atoms with Gasteiger partial charge in [0.05, 0.1) is 0 Å². The quantitative estimate of drug-likeness (QED) is 0.442. The molecule has 8 heteroatoms. The SMILES string of the molecule is CC(C)=CC1CC(=O)N(CCCC(N)=O)C1.CCCCC1CC(=O)N(CCCC(N)=O)C1. The molecule has 0 aromatic heterocycles. The molecule has 2 atom stereocenters. The molecule has 2 aliphatic heterocycles. The van der Waals surface area contributed by atoms with Crippen LogP contribution in [-0.4, -0.2) is 59.6 Å². The molecule has 0 spiro atoms. The van der Waals surface area contributed by atoms with Crippen molar-refractivity contribution in [3.63, 3.8) is 0 Å². The molecule has 4 amide bonds. The number of nitrogens with two attached hydrogens (primary N) is 2. The summed E-state index contributed by atoms with van der Waals surface area (Å²) in [5.41, 5.74) is 11.4. The minimum atomic E-state index is -0.299. The highest BCUT2D eigenvalue weighted by molar-refractivity contribution is 5.79. The largest absolute Gasteiger partial charge is 0.370 e. The number of allylic oxidation sites excluding steroid dienone is 1. The monoisotopic (exact) mass is 450 g/mol. The van der Waals surface area contributed by atoms with Crippen molar-refractivity contribution in [3.05, 3.63) is 11.6 Å². The highest BCUT2D eigenvalue weighted by atomic mass is 16.2. The summed E-state index contributed by atoms with van der Waals surface area (Å²) >= 11 is 0. The van der Waals surface area contributed by atoms with E-state index in [0.717, 1.165) is 19.5 Å². The molecular weight excluding hydrogens is 408 g/mol. The van der Waals surface area contributed by atoms with Crippen molar-refractivity contribution in [2.75, 3.05) is 26.2 Å². The van der Waals surface area contributed by atoms with E-state index in [-0.39, 0.29) is 23.6 Å². The second kappa shape index (κ2) is 14.6. The van der Waals surface area contributed by atoms with Crippen LogP contribution in [0, 0.1) is 11.8 Å². The number of amides is 4. The van der Waals surface area contributed by atoms with Crippen LogP contribution in [0.25, 0.3) is 0 Å². The van der Waals surface area contributed by atoms with E-state index in [1.807, 2.05) is 23.6 Å². The van der Waals surface area contributed by atoms with E-state index in [0.29, 0.717) is 63.5 Å². The molecule has 2 unspecified atom stereocenters. The molecule has 8 nitrogen and oxygen atoms in total. The van der Waals surface area contributed by atoms with Crippen molar-refractivity contribution < 1.29 is 19.2 Å². The summed E-state index contributed by atoms with van der Waals surface area (Å²) in [5, 5.41) is 0. The molecule has 4 N–H and O–H groups in total. The van der Waals surface area contributed by atoms with E-state index in [2.05, 4.69) is 13.0 Å². The lowest BCUT2D eigenvalue weighted by Crippen LogP contribution is -2.27. The molecule has 2 fully saturated rings. The number of hydrogen-bond donors (Lipinski definition) is 2. The van der Waals surface area contributed by atoms with Crippen molar-refractivity contribution in [1.29, 1.82) is 0 Å². The smallest absolute Gasteiger partial charge is 0.223 e. The Hall–Kier alpha value is -2.38. The second-order valence-electron chi connectivity index (χ2n) is 9.24. The Labute approximate surface area is 192 Å². The summed E-state index contributed by atoms with van der Waals surface area (Å²) in [6.45, 7) is 9.24. The van der Waals surface area contributed by atoms with Gasteiger partial charge in [-0.1, -0.05) is 31.4 Å². The number of primary amides is 2. The van der Waals surface area contributed by atoms with Gasteiger partial charge in [0.25, 0.3) is 0 Å². The van der Waals surface area contributed by atoms with E-state index >= 15 is 0 Å². The first-order valence-electron chi connectivity index (χ1n) is 11.9. The van der Waals surface area contributed by atoms with Crippen LogP contribution >= 0.6 is 0 Å². The van der Waals surface area contributed by atoms with Gasteiger partial charge in [0.1, 0.15) is 0 Å². The summed E-state index contributed by atoms with van der Waals surface area (Å²) in [6.07, 6.45) is 9.07. The van der Waals surface area contributed by atoms with Gasteiger partial charge in [-0.05, 0) is 39.0 Å². The number of unbranched alkanes of at least 4 members (excludes halogenated alkanes) is 1. The molecule has 0 saturated carbocycles. The summed E-state index contributed by atoms with van der Waals surface area (Å²) in [4.78, 5) is 48.1. The third-order valence-electron chi connectivity index (χ3n) is 5.78. The molecule has 0 aromatic carbocycles. The maximum Gasteiger partial charge on any atom is 0.223 e. The van der Waals surface area contributed by atoms with Crippen LogP contribution < -0.4 is 11.5 Å². The Bertz CT molecular complexity index is 673. The molecule has 2 rings (SSSR count). The Morgan fingerprint density at radius 3 is 1.94 bits per heavy atom. The molecule has 182 valence electrons. The first-order chi connectivity index (χ1) is 15.1. The third-order valence-corrected chi connectivity index (χ3v) is 5.78. The zero-order valence-corrected chi connectivity index (χ0v) is 20.1. The average Bonchev–Trinajstić information content (AvgIpc) is 3.21. The minimum Gasteiger partial charge on any atom is -0.370 e. The van der Waals surface area contributed by atoms with Crippen LogP contribution in [0.4, 0.5) is 0 Å². The standard InChI is InChI=1S/C12H20N2O2.C12H22N2O2/c1-9(2)6-10-7-12(16)14(8-10)5-3-4-11(13)15;1-2-3-5-10-8-12(16)14(9-10)7-4-6-11(13)15/h6,10H,3-5,7-8H2,1-2H3,(H2,13,15);10H,2-9H2,1H3,(H2,13,15). The van der Waals surface area contributed by atoms with Crippen molar-refractivity contribution in [2.24, 2.45) is 23.3 Å². The highest BCUT2D eigenvalue weighted by Crippen LogP contribution is 2.23. The van der Waals surface area contributed by atoms with Gasteiger partial charge < -0.3 is 21.3 Å². The number of nitrogens with zero attached hydrogens (tertiary/aromatic N) is 2. The summed E-state index contributed by atoms with van der Waals surface area (Å²) in [5.74, 6) is 0.714. The number of likely N-dealkylation sites (tertiary alicyclic amines) is 2. The zero-order chi connectivity index (χ0) is 24.1. The van der Waals surface area contributed by atoms with E-state index in [1.165, 1.54) is 18.4 Å². The lowest BCUT2D eigenvalue weighted by Gasteiger charge is -2.15. The lowest BCUT2D eigenvalue weighted by atomic mass is 10.0.